The maximum Gasteiger partial charge on any atom is 0.307 e. The molecule has 0 saturated carbocycles. The van der Waals surface area contributed by atoms with E-state index >= 15 is 0 Å². The lowest BCUT2D eigenvalue weighted by atomic mass is 10.1. The first kappa shape index (κ1) is 14.4. The van der Waals surface area contributed by atoms with Crippen molar-refractivity contribution in [3.63, 3.8) is 0 Å². The molecule has 0 aliphatic carbocycles. The number of hydrogen-bond donors (Lipinski definition) is 1. The van der Waals surface area contributed by atoms with Gasteiger partial charge in [0, 0.05) is 11.5 Å². The Bertz CT molecular complexity index is 468. The van der Waals surface area contributed by atoms with Crippen molar-refractivity contribution < 1.29 is 14.6 Å². The van der Waals surface area contributed by atoms with Gasteiger partial charge in [0.2, 0.25) is 0 Å². The molecule has 0 heterocycles. The molecule has 0 radical (unpaired) electrons. The van der Waals surface area contributed by atoms with E-state index in [2.05, 4.69) is 6.07 Å². The van der Waals surface area contributed by atoms with Crippen LogP contribution < -0.4 is 4.74 Å². The second kappa shape index (κ2) is 6.92. The van der Waals surface area contributed by atoms with E-state index in [-0.39, 0.29) is 5.92 Å². The highest BCUT2D eigenvalue weighted by molar-refractivity contribution is 7.98. The first-order chi connectivity index (χ1) is 8.58. The summed E-state index contributed by atoms with van der Waals surface area (Å²) in [6.45, 7) is 1.68. The Hall–Kier alpha value is -1.67. The van der Waals surface area contributed by atoms with Gasteiger partial charge in [0.15, 0.2) is 0 Å². The summed E-state index contributed by atoms with van der Waals surface area (Å²) in [4.78, 5) is 10.7. The number of thioether (sulfide) groups is 1. The number of carboxylic acids is 1. The molecule has 0 amide bonds. The zero-order valence-electron chi connectivity index (χ0n) is 10.3. The summed E-state index contributed by atoms with van der Waals surface area (Å²) in [6, 6.07) is 7.50. The third-order valence-electron chi connectivity index (χ3n) is 2.44. The number of aliphatic carboxylic acids is 1. The van der Waals surface area contributed by atoms with Crippen LogP contribution in [0.2, 0.25) is 0 Å². The third-order valence-corrected chi connectivity index (χ3v) is 3.72. The SMILES string of the molecule is COc1ccc(CSCC(C)C(=O)O)cc1C#N. The normalized spacial score (nSPS) is 11.6. The highest BCUT2D eigenvalue weighted by Gasteiger charge is 2.10. The topological polar surface area (TPSA) is 70.3 Å². The maximum atomic E-state index is 10.7. The van der Waals surface area contributed by atoms with Gasteiger partial charge < -0.3 is 9.84 Å². The van der Waals surface area contributed by atoms with Crippen LogP contribution in [-0.2, 0) is 10.5 Å². The van der Waals surface area contributed by atoms with E-state index in [1.165, 1.54) is 7.11 Å². The zero-order chi connectivity index (χ0) is 13.5. The minimum absolute atomic E-state index is 0.358. The summed E-state index contributed by atoms with van der Waals surface area (Å²) >= 11 is 1.54. The van der Waals surface area contributed by atoms with Gasteiger partial charge in [0.1, 0.15) is 11.8 Å². The Morgan fingerprint density at radius 1 is 1.61 bits per heavy atom. The van der Waals surface area contributed by atoms with Crippen molar-refractivity contribution in [1.29, 1.82) is 5.26 Å². The van der Waals surface area contributed by atoms with Crippen LogP contribution in [0.5, 0.6) is 5.75 Å². The average molecular weight is 265 g/mol. The van der Waals surface area contributed by atoms with Crippen LogP contribution in [0.15, 0.2) is 18.2 Å². The second-order valence-electron chi connectivity index (χ2n) is 3.90. The lowest BCUT2D eigenvalue weighted by Crippen LogP contribution is -2.11. The van der Waals surface area contributed by atoms with Crippen LogP contribution in [0.3, 0.4) is 0 Å². The molecule has 1 rings (SSSR count). The number of carbonyl (C=O) groups is 1. The molecule has 1 atom stereocenters. The van der Waals surface area contributed by atoms with Crippen molar-refractivity contribution in [2.24, 2.45) is 5.92 Å². The molecule has 1 unspecified atom stereocenters. The Labute approximate surface area is 111 Å². The average Bonchev–Trinajstić information content (AvgIpc) is 2.38. The number of nitrogens with zero attached hydrogens (tertiary/aromatic N) is 1. The van der Waals surface area contributed by atoms with Crippen molar-refractivity contribution in [2.45, 2.75) is 12.7 Å². The summed E-state index contributed by atoms with van der Waals surface area (Å²) in [5.41, 5.74) is 1.50. The molecule has 18 heavy (non-hydrogen) atoms. The molecular formula is C13H15NO3S. The summed E-state index contributed by atoms with van der Waals surface area (Å²) < 4.78 is 5.06. The molecule has 0 bridgehead atoms. The second-order valence-corrected chi connectivity index (χ2v) is 4.93. The van der Waals surface area contributed by atoms with Crippen molar-refractivity contribution in [2.75, 3.05) is 12.9 Å². The highest BCUT2D eigenvalue weighted by Crippen LogP contribution is 2.22. The first-order valence-corrected chi connectivity index (χ1v) is 6.61. The predicted molar refractivity (Wildman–Crippen MR) is 70.7 cm³/mol. The van der Waals surface area contributed by atoms with Gasteiger partial charge in [-0.1, -0.05) is 13.0 Å². The lowest BCUT2D eigenvalue weighted by Gasteiger charge is -2.07. The molecule has 4 nitrogen and oxygen atoms in total. The summed E-state index contributed by atoms with van der Waals surface area (Å²) in [6.07, 6.45) is 0. The molecule has 0 aromatic heterocycles. The number of hydrogen-bond acceptors (Lipinski definition) is 4. The van der Waals surface area contributed by atoms with Crippen LogP contribution >= 0.6 is 11.8 Å². The fraction of sp³-hybridized carbons (Fsp3) is 0.385. The quantitative estimate of drug-likeness (QED) is 0.855. The van der Waals surface area contributed by atoms with Gasteiger partial charge >= 0.3 is 5.97 Å². The van der Waals surface area contributed by atoms with E-state index in [1.54, 1.807) is 30.8 Å². The number of carboxylic acid groups (broad SMARTS) is 1. The largest absolute Gasteiger partial charge is 0.495 e. The number of nitriles is 1. The molecule has 0 spiro atoms. The fourth-order valence-electron chi connectivity index (χ4n) is 1.36. The standard InChI is InChI=1S/C13H15NO3S/c1-9(13(15)16)7-18-8-10-3-4-12(17-2)11(5-10)6-14/h3-5,9H,7-8H2,1-2H3,(H,15,16). The van der Waals surface area contributed by atoms with Crippen molar-refractivity contribution in [3.05, 3.63) is 29.3 Å². The van der Waals surface area contributed by atoms with E-state index in [0.29, 0.717) is 22.8 Å². The third kappa shape index (κ3) is 3.97. The molecule has 1 aromatic rings. The van der Waals surface area contributed by atoms with Crippen LogP contribution in [0.25, 0.3) is 0 Å². The summed E-state index contributed by atoms with van der Waals surface area (Å²) in [5.74, 6) is 0.670. The Kier molecular flexibility index (Phi) is 5.53. The fourth-order valence-corrected chi connectivity index (χ4v) is 2.39. The van der Waals surface area contributed by atoms with Crippen LogP contribution in [-0.4, -0.2) is 23.9 Å². The lowest BCUT2D eigenvalue weighted by molar-refractivity contribution is -0.140. The van der Waals surface area contributed by atoms with Gasteiger partial charge in [-0.15, -0.1) is 0 Å². The molecule has 96 valence electrons. The van der Waals surface area contributed by atoms with Crippen LogP contribution in [0, 0.1) is 17.2 Å². The van der Waals surface area contributed by atoms with Gasteiger partial charge in [0.05, 0.1) is 18.6 Å². The summed E-state index contributed by atoms with van der Waals surface area (Å²) in [5, 5.41) is 17.7. The number of methoxy groups -OCH3 is 1. The molecule has 1 N–H and O–H groups in total. The van der Waals surface area contributed by atoms with E-state index in [4.69, 9.17) is 15.1 Å². The summed E-state index contributed by atoms with van der Waals surface area (Å²) in [7, 11) is 1.53. The van der Waals surface area contributed by atoms with E-state index in [9.17, 15) is 4.79 Å². The maximum absolute atomic E-state index is 10.7. The Balaban J connectivity index is 2.59. The van der Waals surface area contributed by atoms with E-state index in [0.717, 1.165) is 5.56 Å². The molecule has 0 aliphatic heterocycles. The van der Waals surface area contributed by atoms with E-state index in [1.807, 2.05) is 6.07 Å². The van der Waals surface area contributed by atoms with E-state index < -0.39 is 5.97 Å². The smallest absolute Gasteiger partial charge is 0.307 e. The number of rotatable bonds is 6. The monoisotopic (exact) mass is 265 g/mol. The Morgan fingerprint density at radius 3 is 2.89 bits per heavy atom. The van der Waals surface area contributed by atoms with Crippen LogP contribution in [0.4, 0.5) is 0 Å². The molecular weight excluding hydrogens is 250 g/mol. The molecule has 0 aliphatic rings. The Morgan fingerprint density at radius 2 is 2.33 bits per heavy atom. The molecule has 5 heteroatoms. The predicted octanol–water partition coefficient (Wildman–Crippen LogP) is 2.52. The number of ether oxygens (including phenoxy) is 1. The zero-order valence-corrected chi connectivity index (χ0v) is 11.2. The highest BCUT2D eigenvalue weighted by atomic mass is 32.2. The van der Waals surface area contributed by atoms with Gasteiger partial charge in [-0.2, -0.15) is 17.0 Å². The van der Waals surface area contributed by atoms with Crippen molar-refractivity contribution in [1.82, 2.24) is 0 Å². The molecule has 0 saturated heterocycles. The molecule has 0 fully saturated rings. The van der Waals surface area contributed by atoms with Crippen LogP contribution in [0.1, 0.15) is 18.1 Å². The van der Waals surface area contributed by atoms with Gasteiger partial charge in [0.25, 0.3) is 0 Å². The minimum atomic E-state index is -0.782. The van der Waals surface area contributed by atoms with Gasteiger partial charge in [-0.25, -0.2) is 0 Å². The van der Waals surface area contributed by atoms with Gasteiger partial charge in [-0.3, -0.25) is 4.79 Å². The van der Waals surface area contributed by atoms with Crippen molar-refractivity contribution in [3.8, 4) is 11.8 Å². The van der Waals surface area contributed by atoms with Crippen molar-refractivity contribution >= 4 is 17.7 Å². The van der Waals surface area contributed by atoms with Gasteiger partial charge in [-0.05, 0) is 17.7 Å². The first-order valence-electron chi connectivity index (χ1n) is 5.46. The number of benzene rings is 1. The minimum Gasteiger partial charge on any atom is -0.495 e. The molecule has 1 aromatic carbocycles.